The summed E-state index contributed by atoms with van der Waals surface area (Å²) in [5, 5.41) is 17.2. The summed E-state index contributed by atoms with van der Waals surface area (Å²) in [7, 11) is 0. The second-order valence-electron chi connectivity index (χ2n) is 5.60. The van der Waals surface area contributed by atoms with Crippen molar-refractivity contribution in [2.24, 2.45) is 0 Å². The first kappa shape index (κ1) is 16.3. The maximum absolute atomic E-state index is 12.6. The highest BCUT2D eigenvalue weighted by atomic mass is 32.2. The molecule has 4 rings (SSSR count). The molecule has 0 radical (unpaired) electrons. The third kappa shape index (κ3) is 2.95. The maximum Gasteiger partial charge on any atom is 0.277 e. The van der Waals surface area contributed by atoms with Crippen LogP contribution in [0.15, 0.2) is 64.2 Å². The van der Waals surface area contributed by atoms with Crippen molar-refractivity contribution in [2.45, 2.75) is 16.9 Å². The van der Waals surface area contributed by atoms with Gasteiger partial charge >= 0.3 is 0 Å². The van der Waals surface area contributed by atoms with Crippen molar-refractivity contribution in [2.75, 3.05) is 4.90 Å². The molecule has 0 bridgehead atoms. The molecule has 2 aromatic carbocycles. The summed E-state index contributed by atoms with van der Waals surface area (Å²) in [4.78, 5) is 26.0. The molecule has 1 aromatic heterocycles. The Hall–Kier alpha value is -3.13. The lowest BCUT2D eigenvalue weighted by molar-refractivity contribution is -0.121. The topological polar surface area (TPSA) is 96.5 Å². The molecule has 0 saturated carbocycles. The minimum absolute atomic E-state index is 0.0232. The van der Waals surface area contributed by atoms with Crippen LogP contribution in [0.2, 0.25) is 0 Å². The van der Waals surface area contributed by atoms with Gasteiger partial charge < -0.3 is 9.52 Å². The van der Waals surface area contributed by atoms with Crippen LogP contribution >= 0.6 is 11.8 Å². The molecule has 26 heavy (non-hydrogen) atoms. The van der Waals surface area contributed by atoms with E-state index < -0.39 is 5.25 Å². The Morgan fingerprint density at radius 1 is 1.04 bits per heavy atom. The maximum atomic E-state index is 12.6. The number of anilines is 1. The Labute approximate surface area is 152 Å². The predicted molar refractivity (Wildman–Crippen MR) is 94.6 cm³/mol. The largest absolute Gasteiger partial charge is 0.507 e. The molecule has 1 N–H and O–H groups in total. The monoisotopic (exact) mass is 367 g/mol. The number of rotatable bonds is 4. The average Bonchev–Trinajstić information content (AvgIpc) is 3.21. The number of carbonyl (C=O) groups is 2. The van der Waals surface area contributed by atoms with Gasteiger partial charge in [0, 0.05) is 6.42 Å². The highest BCUT2D eigenvalue weighted by Gasteiger charge is 2.41. The van der Waals surface area contributed by atoms with Crippen molar-refractivity contribution in [3.63, 3.8) is 0 Å². The van der Waals surface area contributed by atoms with Gasteiger partial charge in [0.1, 0.15) is 11.0 Å². The van der Waals surface area contributed by atoms with Crippen LogP contribution in [-0.2, 0) is 9.59 Å². The number of thioether (sulfide) groups is 1. The van der Waals surface area contributed by atoms with Gasteiger partial charge in [-0.05, 0) is 24.3 Å². The summed E-state index contributed by atoms with van der Waals surface area (Å²) >= 11 is 1.05. The van der Waals surface area contributed by atoms with E-state index in [2.05, 4.69) is 10.2 Å². The number of aromatic nitrogens is 2. The highest BCUT2D eigenvalue weighted by Crippen LogP contribution is 2.35. The molecule has 7 nitrogen and oxygen atoms in total. The van der Waals surface area contributed by atoms with Crippen molar-refractivity contribution in [1.82, 2.24) is 10.2 Å². The van der Waals surface area contributed by atoms with E-state index in [9.17, 15) is 14.7 Å². The molecule has 1 aliphatic heterocycles. The number of imide groups is 1. The molecule has 3 aromatic rings. The first-order chi connectivity index (χ1) is 12.6. The fourth-order valence-corrected chi connectivity index (χ4v) is 3.58. The standard InChI is InChI=1S/C18H13N3O4S/c22-13-9-5-4-8-12(13)16-19-20-18(25-16)26-14-10-15(23)21(17(14)24)11-6-2-1-3-7-11/h1-9,14,22H,10H2/t14-/m0/s1. The molecule has 1 atom stereocenters. The number of para-hydroxylation sites is 2. The zero-order chi connectivity index (χ0) is 18.1. The van der Waals surface area contributed by atoms with Crippen LogP contribution in [0.3, 0.4) is 0 Å². The molecule has 130 valence electrons. The van der Waals surface area contributed by atoms with Gasteiger partial charge in [0.15, 0.2) is 0 Å². The molecule has 8 heteroatoms. The summed E-state index contributed by atoms with van der Waals surface area (Å²) in [5.41, 5.74) is 0.956. The number of benzene rings is 2. The van der Waals surface area contributed by atoms with Crippen molar-refractivity contribution in [1.29, 1.82) is 0 Å². The van der Waals surface area contributed by atoms with Crippen LogP contribution in [0.1, 0.15) is 6.42 Å². The van der Waals surface area contributed by atoms with E-state index in [4.69, 9.17) is 4.42 Å². The van der Waals surface area contributed by atoms with Crippen LogP contribution < -0.4 is 4.90 Å². The smallest absolute Gasteiger partial charge is 0.277 e. The summed E-state index contributed by atoms with van der Waals surface area (Å²) < 4.78 is 5.54. The lowest BCUT2D eigenvalue weighted by Crippen LogP contribution is -2.30. The summed E-state index contributed by atoms with van der Waals surface area (Å²) in [6.45, 7) is 0. The third-order valence-electron chi connectivity index (χ3n) is 3.90. The van der Waals surface area contributed by atoms with Crippen molar-refractivity contribution >= 4 is 29.3 Å². The molecule has 2 amide bonds. The van der Waals surface area contributed by atoms with Crippen LogP contribution in [-0.4, -0.2) is 32.4 Å². The van der Waals surface area contributed by atoms with Crippen LogP contribution in [0, 0.1) is 0 Å². The van der Waals surface area contributed by atoms with E-state index in [0.717, 1.165) is 11.8 Å². The number of aromatic hydroxyl groups is 1. The van der Waals surface area contributed by atoms with Gasteiger partial charge in [0.25, 0.3) is 11.1 Å². The number of nitrogens with zero attached hydrogens (tertiary/aromatic N) is 3. The predicted octanol–water partition coefficient (Wildman–Crippen LogP) is 2.87. The quantitative estimate of drug-likeness (QED) is 0.708. The molecule has 0 unspecified atom stereocenters. The molecule has 0 aliphatic carbocycles. The summed E-state index contributed by atoms with van der Waals surface area (Å²) in [5.74, 6) is -0.398. The Balaban J connectivity index is 1.53. The first-order valence-corrected chi connectivity index (χ1v) is 8.72. The average molecular weight is 367 g/mol. The van der Waals surface area contributed by atoms with E-state index >= 15 is 0 Å². The zero-order valence-electron chi connectivity index (χ0n) is 13.4. The fourth-order valence-electron chi connectivity index (χ4n) is 2.69. The molecular formula is C18H13N3O4S. The number of phenolic OH excluding ortho intramolecular Hbond substituents is 1. The number of carbonyl (C=O) groups excluding carboxylic acids is 2. The van der Waals surface area contributed by atoms with Gasteiger partial charge in [0.2, 0.25) is 11.8 Å². The van der Waals surface area contributed by atoms with E-state index in [1.807, 2.05) is 6.07 Å². The number of phenols is 1. The van der Waals surface area contributed by atoms with Gasteiger partial charge in [-0.1, -0.05) is 42.1 Å². The normalized spacial score (nSPS) is 17.1. The highest BCUT2D eigenvalue weighted by molar-refractivity contribution is 8.00. The lowest BCUT2D eigenvalue weighted by atomic mass is 10.2. The Kier molecular flexibility index (Phi) is 4.18. The summed E-state index contributed by atoms with van der Waals surface area (Å²) in [6.07, 6.45) is 0.0622. The second kappa shape index (κ2) is 6.64. The molecule has 1 saturated heterocycles. The van der Waals surface area contributed by atoms with E-state index in [1.54, 1.807) is 42.5 Å². The summed E-state index contributed by atoms with van der Waals surface area (Å²) in [6, 6.07) is 15.4. The molecule has 0 spiro atoms. The van der Waals surface area contributed by atoms with Gasteiger partial charge in [-0.25, -0.2) is 4.90 Å². The van der Waals surface area contributed by atoms with Gasteiger partial charge in [0.05, 0.1) is 11.3 Å². The van der Waals surface area contributed by atoms with Gasteiger partial charge in [-0.3, -0.25) is 9.59 Å². The minimum Gasteiger partial charge on any atom is -0.507 e. The zero-order valence-corrected chi connectivity index (χ0v) is 14.2. The second-order valence-corrected chi connectivity index (χ2v) is 6.76. The van der Waals surface area contributed by atoms with Crippen LogP contribution in [0.25, 0.3) is 11.5 Å². The van der Waals surface area contributed by atoms with Gasteiger partial charge in [-0.2, -0.15) is 0 Å². The number of amides is 2. The van der Waals surface area contributed by atoms with Crippen LogP contribution in [0.4, 0.5) is 5.69 Å². The van der Waals surface area contributed by atoms with Gasteiger partial charge in [-0.15, -0.1) is 10.2 Å². The van der Waals surface area contributed by atoms with Crippen molar-refractivity contribution in [3.8, 4) is 17.2 Å². The van der Waals surface area contributed by atoms with E-state index in [-0.39, 0.29) is 35.1 Å². The first-order valence-electron chi connectivity index (χ1n) is 7.84. The SMILES string of the molecule is O=C1C[C@H](Sc2nnc(-c3ccccc3O)o2)C(=O)N1c1ccccc1. The lowest BCUT2D eigenvalue weighted by Gasteiger charge is -2.13. The molecule has 2 heterocycles. The molecular weight excluding hydrogens is 354 g/mol. The number of hydrogen-bond donors (Lipinski definition) is 1. The van der Waals surface area contributed by atoms with E-state index in [1.165, 1.54) is 11.0 Å². The Morgan fingerprint density at radius 3 is 2.54 bits per heavy atom. The van der Waals surface area contributed by atoms with E-state index in [0.29, 0.717) is 11.3 Å². The Bertz CT molecular complexity index is 973. The molecule has 1 fully saturated rings. The van der Waals surface area contributed by atoms with Crippen LogP contribution in [0.5, 0.6) is 5.75 Å². The third-order valence-corrected chi connectivity index (χ3v) is 4.92. The Morgan fingerprint density at radius 2 is 1.77 bits per heavy atom. The number of hydrogen-bond acceptors (Lipinski definition) is 7. The molecule has 1 aliphatic rings. The van der Waals surface area contributed by atoms with Crippen molar-refractivity contribution < 1.29 is 19.1 Å². The minimum atomic E-state index is -0.625. The fraction of sp³-hybridized carbons (Fsp3) is 0.111. The van der Waals surface area contributed by atoms with Crippen molar-refractivity contribution in [3.05, 3.63) is 54.6 Å².